The molecule has 1 aliphatic carbocycles. The van der Waals surface area contributed by atoms with Crippen LogP contribution in [0.15, 0.2) is 0 Å². The van der Waals surface area contributed by atoms with Gasteiger partial charge in [0.05, 0.1) is 0 Å². The van der Waals surface area contributed by atoms with E-state index in [1.54, 1.807) is 6.92 Å². The Hall–Kier alpha value is -1.63. The summed E-state index contributed by atoms with van der Waals surface area (Å²) in [4.78, 5) is 41.0. The number of amides is 4. The lowest BCUT2D eigenvalue weighted by Gasteiger charge is -2.35. The molecule has 4 amide bonds. The quantitative estimate of drug-likeness (QED) is 0.727. The van der Waals surface area contributed by atoms with Crippen molar-refractivity contribution in [2.75, 3.05) is 26.7 Å². The number of carbonyl (C=O) groups excluding carboxylic acids is 3. The Bertz CT molecular complexity index is 536. The highest BCUT2D eigenvalue weighted by Gasteiger charge is 2.54. The SMILES string of the molecule is CNCCC1CCN(C(=O)C(C)N2C(=O)NC3(CCCC3)C2=O)CC1. The molecule has 1 unspecified atom stereocenters. The fourth-order valence-electron chi connectivity index (χ4n) is 4.48. The molecule has 1 spiro atoms. The van der Waals surface area contributed by atoms with E-state index in [4.69, 9.17) is 0 Å². The van der Waals surface area contributed by atoms with Gasteiger partial charge in [0.25, 0.3) is 5.91 Å². The Kier molecular flexibility index (Phi) is 5.32. The van der Waals surface area contributed by atoms with E-state index >= 15 is 0 Å². The predicted octanol–water partition coefficient (Wildman–Crippen LogP) is 1.09. The summed E-state index contributed by atoms with van der Waals surface area (Å²) in [6, 6.07) is -1.13. The van der Waals surface area contributed by atoms with Crippen LogP contribution in [0.2, 0.25) is 0 Å². The van der Waals surface area contributed by atoms with E-state index in [0.29, 0.717) is 31.8 Å². The Morgan fingerprint density at radius 2 is 1.92 bits per heavy atom. The lowest BCUT2D eigenvalue weighted by molar-refractivity contribution is -0.143. The average molecular weight is 350 g/mol. The molecule has 3 aliphatic rings. The zero-order chi connectivity index (χ0) is 18.0. The molecule has 25 heavy (non-hydrogen) atoms. The molecule has 7 heteroatoms. The van der Waals surface area contributed by atoms with Crippen LogP contribution in [0.4, 0.5) is 4.79 Å². The molecule has 7 nitrogen and oxygen atoms in total. The second kappa shape index (κ2) is 7.32. The highest BCUT2D eigenvalue weighted by Crippen LogP contribution is 2.36. The van der Waals surface area contributed by atoms with Crippen molar-refractivity contribution in [3.63, 3.8) is 0 Å². The van der Waals surface area contributed by atoms with Crippen molar-refractivity contribution in [2.45, 2.75) is 63.5 Å². The molecule has 0 aromatic rings. The molecular formula is C18H30N4O3. The summed E-state index contributed by atoms with van der Waals surface area (Å²) in [5.74, 6) is 0.329. The van der Waals surface area contributed by atoms with Crippen LogP contribution >= 0.6 is 0 Å². The molecular weight excluding hydrogens is 320 g/mol. The molecule has 0 bridgehead atoms. The fourth-order valence-corrected chi connectivity index (χ4v) is 4.48. The van der Waals surface area contributed by atoms with E-state index in [0.717, 1.165) is 38.6 Å². The summed E-state index contributed by atoms with van der Waals surface area (Å²) in [7, 11) is 1.95. The highest BCUT2D eigenvalue weighted by molar-refractivity contribution is 6.09. The van der Waals surface area contributed by atoms with Crippen molar-refractivity contribution in [3.8, 4) is 0 Å². The number of hydrogen-bond acceptors (Lipinski definition) is 4. The fraction of sp³-hybridized carbons (Fsp3) is 0.833. The molecule has 2 aliphatic heterocycles. The first-order valence-corrected chi connectivity index (χ1v) is 9.58. The number of urea groups is 1. The predicted molar refractivity (Wildman–Crippen MR) is 93.9 cm³/mol. The molecule has 0 aromatic carbocycles. The van der Waals surface area contributed by atoms with Gasteiger partial charge in [0.2, 0.25) is 5.91 Å². The maximum atomic E-state index is 12.8. The van der Waals surface area contributed by atoms with Crippen LogP contribution in [-0.4, -0.2) is 65.9 Å². The van der Waals surface area contributed by atoms with E-state index in [1.165, 1.54) is 4.90 Å². The van der Waals surface area contributed by atoms with Crippen molar-refractivity contribution >= 4 is 17.8 Å². The second-order valence-electron chi connectivity index (χ2n) is 7.73. The largest absolute Gasteiger partial charge is 0.341 e. The summed E-state index contributed by atoms with van der Waals surface area (Å²) in [5.41, 5.74) is -0.744. The third-order valence-corrected chi connectivity index (χ3v) is 6.12. The third kappa shape index (κ3) is 3.38. The summed E-state index contributed by atoms with van der Waals surface area (Å²) in [6.07, 6.45) is 6.38. The first-order valence-electron chi connectivity index (χ1n) is 9.58. The van der Waals surface area contributed by atoms with Gasteiger partial charge in [-0.2, -0.15) is 0 Å². The number of carbonyl (C=O) groups is 3. The standard InChI is InChI=1S/C18H30N4O3/c1-13(15(23)21-11-6-14(7-12-21)5-10-19-2)22-16(24)18(20-17(22)25)8-3-4-9-18/h13-14,19H,3-12H2,1-2H3,(H,20,25). The van der Waals surface area contributed by atoms with Crippen LogP contribution in [0.5, 0.6) is 0 Å². The van der Waals surface area contributed by atoms with Crippen molar-refractivity contribution < 1.29 is 14.4 Å². The van der Waals surface area contributed by atoms with Gasteiger partial charge in [0.1, 0.15) is 11.6 Å². The van der Waals surface area contributed by atoms with Crippen LogP contribution in [0.25, 0.3) is 0 Å². The molecule has 2 heterocycles. The first kappa shape index (κ1) is 18.2. The number of likely N-dealkylation sites (tertiary alicyclic amines) is 1. The number of imide groups is 1. The van der Waals surface area contributed by atoms with E-state index in [9.17, 15) is 14.4 Å². The summed E-state index contributed by atoms with van der Waals surface area (Å²) >= 11 is 0. The highest BCUT2D eigenvalue weighted by atomic mass is 16.2. The molecule has 2 saturated heterocycles. The molecule has 0 radical (unpaired) electrons. The van der Waals surface area contributed by atoms with Crippen LogP contribution in [0.1, 0.15) is 51.9 Å². The first-order chi connectivity index (χ1) is 12.0. The molecule has 1 saturated carbocycles. The van der Waals surface area contributed by atoms with Gasteiger partial charge in [-0.15, -0.1) is 0 Å². The van der Waals surface area contributed by atoms with Crippen molar-refractivity contribution in [1.29, 1.82) is 0 Å². The van der Waals surface area contributed by atoms with Gasteiger partial charge in [0, 0.05) is 13.1 Å². The smallest absolute Gasteiger partial charge is 0.325 e. The summed E-state index contributed by atoms with van der Waals surface area (Å²) < 4.78 is 0. The number of rotatable bonds is 5. The summed E-state index contributed by atoms with van der Waals surface area (Å²) in [5, 5.41) is 6.03. The van der Waals surface area contributed by atoms with Gasteiger partial charge in [-0.1, -0.05) is 12.8 Å². The zero-order valence-corrected chi connectivity index (χ0v) is 15.3. The monoisotopic (exact) mass is 350 g/mol. The minimum atomic E-state index is -0.744. The Morgan fingerprint density at radius 3 is 2.52 bits per heavy atom. The van der Waals surface area contributed by atoms with Crippen LogP contribution in [0.3, 0.4) is 0 Å². The van der Waals surface area contributed by atoms with Crippen molar-refractivity contribution in [1.82, 2.24) is 20.4 Å². The molecule has 0 aromatic heterocycles. The van der Waals surface area contributed by atoms with E-state index < -0.39 is 17.6 Å². The molecule has 3 fully saturated rings. The molecule has 2 N–H and O–H groups in total. The van der Waals surface area contributed by atoms with Gasteiger partial charge >= 0.3 is 6.03 Å². The second-order valence-corrected chi connectivity index (χ2v) is 7.73. The molecule has 3 rings (SSSR count). The molecule has 140 valence electrons. The van der Waals surface area contributed by atoms with Crippen LogP contribution in [-0.2, 0) is 9.59 Å². The minimum Gasteiger partial charge on any atom is -0.341 e. The molecule has 1 atom stereocenters. The lowest BCUT2D eigenvalue weighted by atomic mass is 9.93. The maximum Gasteiger partial charge on any atom is 0.325 e. The Morgan fingerprint density at radius 1 is 1.28 bits per heavy atom. The van der Waals surface area contributed by atoms with E-state index in [2.05, 4.69) is 10.6 Å². The topological polar surface area (TPSA) is 81.8 Å². The Balaban J connectivity index is 1.59. The van der Waals surface area contributed by atoms with E-state index in [1.807, 2.05) is 11.9 Å². The lowest BCUT2D eigenvalue weighted by Crippen LogP contribution is -2.52. The normalized spacial score (nSPS) is 24.9. The Labute approximate surface area is 149 Å². The van der Waals surface area contributed by atoms with Crippen molar-refractivity contribution in [3.05, 3.63) is 0 Å². The van der Waals surface area contributed by atoms with Gasteiger partial charge in [-0.3, -0.25) is 9.59 Å². The zero-order valence-electron chi connectivity index (χ0n) is 15.3. The minimum absolute atomic E-state index is 0.106. The summed E-state index contributed by atoms with van der Waals surface area (Å²) in [6.45, 7) is 4.11. The van der Waals surface area contributed by atoms with Gasteiger partial charge in [-0.25, -0.2) is 9.69 Å². The number of piperidine rings is 1. The number of hydrogen-bond donors (Lipinski definition) is 2. The number of nitrogens with zero attached hydrogens (tertiary/aromatic N) is 2. The third-order valence-electron chi connectivity index (χ3n) is 6.12. The van der Waals surface area contributed by atoms with Crippen LogP contribution < -0.4 is 10.6 Å². The van der Waals surface area contributed by atoms with Crippen LogP contribution in [0, 0.1) is 5.92 Å². The van der Waals surface area contributed by atoms with Crippen molar-refractivity contribution in [2.24, 2.45) is 5.92 Å². The van der Waals surface area contributed by atoms with Gasteiger partial charge in [0.15, 0.2) is 0 Å². The maximum absolute atomic E-state index is 12.8. The number of nitrogens with one attached hydrogen (secondary N) is 2. The van der Waals surface area contributed by atoms with Gasteiger partial charge < -0.3 is 15.5 Å². The average Bonchev–Trinajstić information content (AvgIpc) is 3.18. The van der Waals surface area contributed by atoms with Gasteiger partial charge in [-0.05, 0) is 58.5 Å². The van der Waals surface area contributed by atoms with E-state index in [-0.39, 0.29) is 11.8 Å².